The average molecular weight is 453 g/mol. The van der Waals surface area contributed by atoms with Crippen LogP contribution in [0.1, 0.15) is 128 Å². The number of phenols is 2. The lowest BCUT2D eigenvalue weighted by Crippen LogP contribution is -2.24. The Bertz CT molecular complexity index is 958. The maximum Gasteiger partial charge on any atom is 0.119 e. The smallest absolute Gasteiger partial charge is 0.119 e. The number of phenolic OH excluding ortho intramolecular Hbond substituents is 2. The summed E-state index contributed by atoms with van der Waals surface area (Å²) in [7, 11) is 0. The third-order valence-corrected chi connectivity index (χ3v) is 6.66. The van der Waals surface area contributed by atoms with Crippen molar-refractivity contribution in [2.75, 3.05) is 0 Å². The van der Waals surface area contributed by atoms with Gasteiger partial charge in [-0.1, -0.05) is 83.1 Å². The fourth-order valence-corrected chi connectivity index (χ4v) is 6.20. The molecular weight excluding hydrogens is 404 g/mol. The molecule has 0 atom stereocenters. The van der Waals surface area contributed by atoms with Crippen molar-refractivity contribution in [3.63, 3.8) is 0 Å². The fourth-order valence-electron chi connectivity index (χ4n) is 6.20. The highest BCUT2D eigenvalue weighted by Gasteiger charge is 2.32. The predicted octanol–water partition coefficient (Wildman–Crippen LogP) is 8.50. The highest BCUT2D eigenvalue weighted by molar-refractivity contribution is 5.58. The zero-order valence-electron chi connectivity index (χ0n) is 23.8. The van der Waals surface area contributed by atoms with Crippen molar-refractivity contribution in [3.05, 3.63) is 56.6 Å². The normalized spacial score (nSPS) is 13.5. The summed E-state index contributed by atoms with van der Waals surface area (Å²) in [4.78, 5) is 0. The number of aromatic hydroxyl groups is 2. The zero-order chi connectivity index (χ0) is 25.9. The summed E-state index contributed by atoms with van der Waals surface area (Å²) in [5, 5.41) is 22.2. The molecule has 0 bridgehead atoms. The van der Waals surface area contributed by atoms with E-state index in [2.05, 4.69) is 96.9 Å². The standard InChI is InChI=1S/C31H48O2/c1-18-24(28(3,4)5)20(16-22(32)26(18)30(9,10)11)15-21-17-23(33)27(31(12,13)14)19(2)25(21)29(6,7)8/h16-17,32-33H,15H2,1-14H3. The Kier molecular flexibility index (Phi) is 6.91. The molecule has 2 nitrogen and oxygen atoms in total. The van der Waals surface area contributed by atoms with Gasteiger partial charge in [0.25, 0.3) is 0 Å². The van der Waals surface area contributed by atoms with Crippen molar-refractivity contribution in [2.45, 2.75) is 125 Å². The molecule has 0 radical (unpaired) electrons. The summed E-state index contributed by atoms with van der Waals surface area (Å²) in [6.07, 6.45) is 0.677. The van der Waals surface area contributed by atoms with E-state index in [0.29, 0.717) is 17.9 Å². The van der Waals surface area contributed by atoms with Gasteiger partial charge in [0.1, 0.15) is 11.5 Å². The third-order valence-electron chi connectivity index (χ3n) is 6.66. The largest absolute Gasteiger partial charge is 0.508 e. The molecule has 0 amide bonds. The molecule has 33 heavy (non-hydrogen) atoms. The minimum Gasteiger partial charge on any atom is -0.508 e. The minimum atomic E-state index is -0.146. The minimum absolute atomic E-state index is 0.0720. The third kappa shape index (κ3) is 5.42. The van der Waals surface area contributed by atoms with Crippen molar-refractivity contribution >= 4 is 0 Å². The molecule has 0 aromatic heterocycles. The molecule has 2 heteroatoms. The summed E-state index contributed by atoms with van der Waals surface area (Å²) < 4.78 is 0. The lowest BCUT2D eigenvalue weighted by molar-refractivity contribution is 0.441. The molecule has 2 aromatic carbocycles. The van der Waals surface area contributed by atoms with Gasteiger partial charge < -0.3 is 10.2 Å². The van der Waals surface area contributed by atoms with E-state index in [-0.39, 0.29) is 21.7 Å². The van der Waals surface area contributed by atoms with Gasteiger partial charge in [0.2, 0.25) is 0 Å². The zero-order valence-corrected chi connectivity index (χ0v) is 23.8. The van der Waals surface area contributed by atoms with E-state index in [9.17, 15) is 10.2 Å². The summed E-state index contributed by atoms with van der Waals surface area (Å²) >= 11 is 0. The molecule has 0 aliphatic rings. The van der Waals surface area contributed by atoms with Crippen LogP contribution in [0.15, 0.2) is 12.1 Å². The van der Waals surface area contributed by atoms with Crippen molar-refractivity contribution in [1.29, 1.82) is 0 Å². The van der Waals surface area contributed by atoms with Crippen molar-refractivity contribution < 1.29 is 10.2 Å². The lowest BCUT2D eigenvalue weighted by Gasteiger charge is -2.34. The van der Waals surface area contributed by atoms with Gasteiger partial charge in [0, 0.05) is 11.1 Å². The first-order chi connectivity index (χ1) is 14.6. The van der Waals surface area contributed by atoms with Crippen LogP contribution in [0.3, 0.4) is 0 Å². The molecule has 2 N–H and O–H groups in total. The second-order valence-electron chi connectivity index (χ2n) is 14.0. The number of hydrogen-bond acceptors (Lipinski definition) is 2. The van der Waals surface area contributed by atoms with E-state index < -0.39 is 0 Å². The van der Waals surface area contributed by atoms with Gasteiger partial charge in [-0.25, -0.2) is 0 Å². The van der Waals surface area contributed by atoms with Gasteiger partial charge in [-0.2, -0.15) is 0 Å². The van der Waals surface area contributed by atoms with Gasteiger partial charge in [-0.15, -0.1) is 0 Å². The van der Waals surface area contributed by atoms with Crippen LogP contribution >= 0.6 is 0 Å². The van der Waals surface area contributed by atoms with E-state index in [4.69, 9.17) is 0 Å². The molecule has 2 rings (SSSR count). The monoisotopic (exact) mass is 452 g/mol. The average Bonchev–Trinajstić information content (AvgIpc) is 2.47. The lowest BCUT2D eigenvalue weighted by atomic mass is 9.71. The Labute approximate surface area is 203 Å². The molecule has 0 spiro atoms. The van der Waals surface area contributed by atoms with Crippen LogP contribution < -0.4 is 0 Å². The predicted molar refractivity (Wildman–Crippen MR) is 143 cm³/mol. The number of benzene rings is 2. The molecule has 184 valence electrons. The first-order valence-corrected chi connectivity index (χ1v) is 12.3. The highest BCUT2D eigenvalue weighted by Crippen LogP contribution is 2.45. The second kappa shape index (κ2) is 8.36. The Morgan fingerprint density at radius 1 is 0.485 bits per heavy atom. The molecule has 0 saturated heterocycles. The van der Waals surface area contributed by atoms with E-state index in [1.54, 1.807) is 0 Å². The van der Waals surface area contributed by atoms with E-state index >= 15 is 0 Å². The van der Waals surface area contributed by atoms with Crippen molar-refractivity contribution in [3.8, 4) is 11.5 Å². The second-order valence-corrected chi connectivity index (χ2v) is 14.0. The molecule has 0 aliphatic heterocycles. The summed E-state index contributed by atoms with van der Waals surface area (Å²) in [5.41, 5.74) is 8.82. The summed E-state index contributed by atoms with van der Waals surface area (Å²) in [5.74, 6) is 0.736. The van der Waals surface area contributed by atoms with Crippen LogP contribution in [0.4, 0.5) is 0 Å². The Balaban J connectivity index is 2.91. The van der Waals surface area contributed by atoms with Gasteiger partial charge in [-0.05, 0) is 87.4 Å². The van der Waals surface area contributed by atoms with Crippen LogP contribution in [-0.4, -0.2) is 10.2 Å². The Morgan fingerprint density at radius 2 is 0.727 bits per heavy atom. The number of hydrogen-bond donors (Lipinski definition) is 2. The maximum atomic E-state index is 11.1. The topological polar surface area (TPSA) is 40.5 Å². The molecule has 0 saturated carbocycles. The SMILES string of the molecule is Cc1c(C(C)(C)C)c(O)cc(Cc2cc(O)c(C(C)(C)C)c(C)c2C(C)(C)C)c1C(C)(C)C. The fraction of sp³-hybridized carbons (Fsp3) is 0.613. The molecule has 0 heterocycles. The highest BCUT2D eigenvalue weighted by atomic mass is 16.3. The van der Waals surface area contributed by atoms with Crippen LogP contribution in [-0.2, 0) is 28.1 Å². The molecule has 0 aliphatic carbocycles. The van der Waals surface area contributed by atoms with Crippen molar-refractivity contribution in [1.82, 2.24) is 0 Å². The van der Waals surface area contributed by atoms with Crippen LogP contribution in [0, 0.1) is 13.8 Å². The Hall–Kier alpha value is -1.96. The van der Waals surface area contributed by atoms with Gasteiger partial charge in [0.05, 0.1) is 0 Å². The quantitative estimate of drug-likeness (QED) is 0.479. The summed E-state index contributed by atoms with van der Waals surface area (Å²) in [6.45, 7) is 30.7. The summed E-state index contributed by atoms with van der Waals surface area (Å²) in [6, 6.07) is 3.95. The number of rotatable bonds is 2. The van der Waals surface area contributed by atoms with Crippen molar-refractivity contribution in [2.24, 2.45) is 0 Å². The van der Waals surface area contributed by atoms with Crippen LogP contribution in [0.5, 0.6) is 11.5 Å². The van der Waals surface area contributed by atoms with Crippen LogP contribution in [0.2, 0.25) is 0 Å². The Morgan fingerprint density at radius 3 is 0.939 bits per heavy atom. The van der Waals surface area contributed by atoms with E-state index in [0.717, 1.165) is 22.3 Å². The van der Waals surface area contributed by atoms with Gasteiger partial charge >= 0.3 is 0 Å². The molecular formula is C31H48O2. The van der Waals surface area contributed by atoms with Crippen LogP contribution in [0.25, 0.3) is 0 Å². The first kappa shape index (κ1) is 27.3. The molecule has 2 aromatic rings. The molecule has 0 unspecified atom stereocenters. The molecule has 0 fully saturated rings. The van der Waals surface area contributed by atoms with E-state index in [1.807, 2.05) is 12.1 Å². The maximum absolute atomic E-state index is 11.1. The first-order valence-electron chi connectivity index (χ1n) is 12.3. The van der Waals surface area contributed by atoms with Gasteiger partial charge in [0.15, 0.2) is 0 Å². The van der Waals surface area contributed by atoms with E-state index in [1.165, 1.54) is 22.3 Å². The van der Waals surface area contributed by atoms with Gasteiger partial charge in [-0.3, -0.25) is 0 Å².